The van der Waals surface area contributed by atoms with Crippen LogP contribution in [-0.2, 0) is 0 Å². The highest BCUT2D eigenvalue weighted by Crippen LogP contribution is 2.56. The summed E-state index contributed by atoms with van der Waals surface area (Å²) in [7, 11) is 0. The lowest BCUT2D eigenvalue weighted by molar-refractivity contribution is 0.668. The highest BCUT2D eigenvalue weighted by atomic mass is 16.3. The van der Waals surface area contributed by atoms with Gasteiger partial charge in [-0.2, -0.15) is 29.9 Å². The van der Waals surface area contributed by atoms with Crippen molar-refractivity contribution in [3.05, 3.63) is 425 Å². The maximum Gasteiger partial charge on any atom is 0.238 e. The molecule has 3 aliphatic rings. The van der Waals surface area contributed by atoms with Crippen LogP contribution in [0.25, 0.3) is 244 Å². The average Bonchev–Trinajstić information content (AvgIpc) is 1.01. The van der Waals surface area contributed by atoms with E-state index in [0.717, 1.165) is 205 Å². The van der Waals surface area contributed by atoms with Gasteiger partial charge in [0.2, 0.25) is 17.8 Å². The zero-order valence-electron chi connectivity index (χ0n) is 74.3. The first kappa shape index (κ1) is 78.1. The van der Waals surface area contributed by atoms with Gasteiger partial charge in [0.05, 0.1) is 50.8 Å². The molecule has 8 aromatic heterocycles. The van der Waals surface area contributed by atoms with Gasteiger partial charge in [-0.3, -0.25) is 14.7 Å². The van der Waals surface area contributed by atoms with E-state index in [1.807, 2.05) is 182 Å². The zero-order chi connectivity index (χ0) is 91.7. The molecule has 28 aromatic rings. The van der Waals surface area contributed by atoms with Crippen LogP contribution >= 0.6 is 0 Å². The summed E-state index contributed by atoms with van der Waals surface area (Å²) in [5.41, 5.74) is 26.3. The third kappa shape index (κ3) is 12.3. The van der Waals surface area contributed by atoms with Gasteiger partial charge in [0.1, 0.15) is 55.8 Å². The largest absolute Gasteiger partial charge is 0.456 e. The molecule has 0 radical (unpaired) electrons. The van der Waals surface area contributed by atoms with Gasteiger partial charge in [0, 0.05) is 103 Å². The molecule has 0 N–H and O–H groups in total. The van der Waals surface area contributed by atoms with Crippen LogP contribution < -0.4 is 14.7 Å². The monoisotopic (exact) mass is 1790 g/mol. The quantitative estimate of drug-likeness (QED) is 0.132. The second-order valence-electron chi connectivity index (χ2n) is 35.3. The Morgan fingerprint density at radius 1 is 0.150 bits per heavy atom. The van der Waals surface area contributed by atoms with Gasteiger partial charge < -0.3 is 22.1 Å². The summed E-state index contributed by atoms with van der Waals surface area (Å²) in [4.78, 5) is 53.2. The Kier molecular flexibility index (Phi) is 17.4. The summed E-state index contributed by atoms with van der Waals surface area (Å²) in [6.07, 6.45) is 0. The smallest absolute Gasteiger partial charge is 0.238 e. The van der Waals surface area contributed by atoms with Crippen molar-refractivity contribution in [3.8, 4) is 102 Å². The molecule has 0 spiro atoms. The van der Waals surface area contributed by atoms with Crippen LogP contribution in [0.2, 0.25) is 0 Å². The molecule has 0 saturated heterocycles. The van der Waals surface area contributed by atoms with E-state index in [4.69, 9.17) is 66.9 Å². The fourth-order valence-corrected chi connectivity index (χ4v) is 21.2. The summed E-state index contributed by atoms with van der Waals surface area (Å²) < 4.78 is 31.7. The number of furan rings is 5. The van der Waals surface area contributed by atoms with Crippen LogP contribution in [0.4, 0.5) is 52.0 Å². The van der Waals surface area contributed by atoms with E-state index < -0.39 is 0 Å². The number of anilines is 9. The highest BCUT2D eigenvalue weighted by Gasteiger charge is 2.35. The number of para-hydroxylation sites is 11. The van der Waals surface area contributed by atoms with Gasteiger partial charge in [0.15, 0.2) is 34.9 Å². The Hall–Kier alpha value is -19.4. The second kappa shape index (κ2) is 31.1. The number of benzene rings is 20. The highest BCUT2D eigenvalue weighted by molar-refractivity contribution is 6.19. The van der Waals surface area contributed by atoms with Crippen molar-refractivity contribution in [2.24, 2.45) is 0 Å². The molecule has 0 aliphatic carbocycles. The van der Waals surface area contributed by atoms with Gasteiger partial charge in [-0.25, -0.2) is 15.0 Å². The second-order valence-corrected chi connectivity index (χ2v) is 35.3. The van der Waals surface area contributed by atoms with Gasteiger partial charge in [-0.1, -0.05) is 303 Å². The minimum Gasteiger partial charge on any atom is -0.456 e. The van der Waals surface area contributed by atoms with Crippen molar-refractivity contribution < 1.29 is 22.1 Å². The number of fused-ring (bicyclic) bond motifs is 21. The Bertz CT molecular complexity index is 9800. The Morgan fingerprint density at radius 2 is 0.393 bits per heavy atom. The topological polar surface area (TPSA) is 191 Å². The van der Waals surface area contributed by atoms with Crippen LogP contribution in [0, 0.1) is 0 Å². The van der Waals surface area contributed by atoms with Crippen LogP contribution in [0.3, 0.4) is 0 Å². The van der Waals surface area contributed by atoms with E-state index in [2.05, 4.69) is 257 Å². The molecule has 17 heteroatoms. The lowest BCUT2D eigenvalue weighted by Crippen LogP contribution is -2.18. The van der Waals surface area contributed by atoms with E-state index in [-0.39, 0.29) is 0 Å². The van der Waals surface area contributed by atoms with Crippen LogP contribution in [0.15, 0.2) is 447 Å². The van der Waals surface area contributed by atoms with E-state index >= 15 is 0 Å². The van der Waals surface area contributed by atoms with E-state index in [9.17, 15) is 0 Å². The van der Waals surface area contributed by atoms with Crippen LogP contribution in [-0.4, -0.2) is 44.9 Å². The summed E-state index contributed by atoms with van der Waals surface area (Å²) in [6.45, 7) is 0. The molecule has 0 fully saturated rings. The number of hydrogen-bond donors (Lipinski definition) is 0. The minimum atomic E-state index is 0.510. The first-order valence-electron chi connectivity index (χ1n) is 46.5. The summed E-state index contributed by atoms with van der Waals surface area (Å²) in [5, 5.41) is 17.4. The lowest BCUT2D eigenvalue weighted by Gasteiger charge is -2.32. The molecule has 17 nitrogen and oxygen atoms in total. The van der Waals surface area contributed by atoms with Gasteiger partial charge >= 0.3 is 0 Å². The summed E-state index contributed by atoms with van der Waals surface area (Å²) in [6, 6.07) is 145. The molecule has 0 atom stereocenters. The molecule has 140 heavy (non-hydrogen) atoms. The number of hydrogen-bond acceptors (Lipinski definition) is 17. The molecule has 11 heterocycles. The van der Waals surface area contributed by atoms with E-state index in [0.29, 0.717) is 52.8 Å². The van der Waals surface area contributed by atoms with Gasteiger partial charge in [0.25, 0.3) is 0 Å². The molecular formula is C123H70N12O5. The molecular weight excluding hydrogens is 1730 g/mol. The third-order valence-electron chi connectivity index (χ3n) is 27.4. The first-order valence-corrected chi connectivity index (χ1v) is 46.5. The lowest BCUT2D eigenvalue weighted by atomic mass is 9.91. The number of rotatable bonds is 9. The predicted molar refractivity (Wildman–Crippen MR) is 562 cm³/mol. The number of aromatic nitrogens is 9. The van der Waals surface area contributed by atoms with Gasteiger partial charge in [-0.15, -0.1) is 0 Å². The minimum absolute atomic E-state index is 0.510. The van der Waals surface area contributed by atoms with Crippen molar-refractivity contribution in [3.63, 3.8) is 0 Å². The number of nitrogens with zero attached hydrogens (tertiary/aromatic N) is 12. The maximum absolute atomic E-state index is 6.50. The Labute approximate surface area is 796 Å². The Balaban J connectivity index is 0.000000101. The predicted octanol–water partition coefficient (Wildman–Crippen LogP) is 32.9. The van der Waals surface area contributed by atoms with Crippen LogP contribution in [0.1, 0.15) is 0 Å². The van der Waals surface area contributed by atoms with Crippen molar-refractivity contribution in [2.75, 3.05) is 14.7 Å². The first-order chi connectivity index (χ1) is 69.4. The fraction of sp³-hybridized carbons (Fsp3) is 0. The molecule has 20 aromatic carbocycles. The van der Waals surface area contributed by atoms with E-state index in [1.165, 1.54) is 38.2 Å². The van der Waals surface area contributed by atoms with Crippen molar-refractivity contribution in [2.45, 2.75) is 0 Å². The molecule has 0 amide bonds. The van der Waals surface area contributed by atoms with Crippen molar-refractivity contribution in [1.29, 1.82) is 0 Å². The van der Waals surface area contributed by atoms with Crippen molar-refractivity contribution in [1.82, 2.24) is 44.9 Å². The standard InChI is InChI=1S/2C43H24N4O2.C37H22N4O/c1-4-21-34-26(13-1)29-16-7-11-25-12-8-22-35(38(25)29)47(34)43-45-41(32-19-9-17-30-27-14-2-5-23-36(27)48-39(30)32)44-42(46-43)33-20-10-18-31-28-15-3-6-24-37(28)49-40(31)33;1-4-15-34-28(11-1)31-14-7-9-25-10-8-16-35(40(25)31)47(34)43-45-41(26-19-21-38-32(23-26)29-12-2-5-17-36(29)48-38)44-42(46-43)27-20-22-39-33(24-27)30-13-3-6-18-37(30)49-39;1-2-11-24(12-3-1)35-38-36(29-19-10-18-28-26-16-5-7-22-32(26)42-34(28)29)40-37(39-35)41-30-20-6-4-15-25(30)27-17-8-13-23-14-9-21-31(41)33(23)27/h2*1-24H;1-22H. The normalized spacial score (nSPS) is 12.4. The molecule has 652 valence electrons. The molecule has 3 aliphatic heterocycles. The van der Waals surface area contributed by atoms with Gasteiger partial charge in [-0.05, 0) is 154 Å². The molecule has 0 unspecified atom stereocenters. The van der Waals surface area contributed by atoms with E-state index in [1.54, 1.807) is 0 Å². The zero-order valence-corrected chi connectivity index (χ0v) is 74.3. The molecule has 0 bridgehead atoms. The molecule has 31 rings (SSSR count). The summed E-state index contributed by atoms with van der Waals surface area (Å²) >= 11 is 0. The molecule has 0 saturated carbocycles. The summed E-state index contributed by atoms with van der Waals surface area (Å²) in [5.74, 6) is 4.96. The average molecular weight is 1800 g/mol. The van der Waals surface area contributed by atoms with Crippen molar-refractivity contribution >= 4 is 194 Å². The fourth-order valence-electron chi connectivity index (χ4n) is 21.2. The third-order valence-corrected chi connectivity index (χ3v) is 27.4. The maximum atomic E-state index is 6.50. The van der Waals surface area contributed by atoms with Crippen LogP contribution in [0.5, 0.6) is 0 Å². The SMILES string of the molecule is c1ccc(-c2nc(-c3cccc4c3oc3ccccc34)nc(N3c4ccccc4-c4cccc5cccc3c45)n2)cc1.c1ccc2c(c1)-c1cccc3cccc(c13)N2c1nc(-c2ccc3oc4ccccc4c3c2)nc(-c2ccc3oc4ccccc4c3c2)n1.c1ccc2c(c1)-c1cccc3cccc(c13)N2c1nc(-c2cccc3c2oc2ccccc23)nc(-c2cccc3c2oc2ccccc23)n1. The Morgan fingerprint density at radius 3 is 0.757 bits per heavy atom.